The van der Waals surface area contributed by atoms with Crippen LogP contribution in [-0.2, 0) is 4.79 Å². The first-order valence-corrected chi connectivity index (χ1v) is 7.33. The monoisotopic (exact) mass is 373 g/mol. The molecule has 2 rings (SSSR count). The third kappa shape index (κ3) is 3.26. The molecule has 19 heavy (non-hydrogen) atoms. The van der Waals surface area contributed by atoms with Crippen molar-refractivity contribution in [3.8, 4) is 0 Å². The van der Waals surface area contributed by atoms with E-state index in [-0.39, 0.29) is 11.8 Å². The van der Waals surface area contributed by atoms with Gasteiger partial charge in [-0.05, 0) is 47.1 Å². The van der Waals surface area contributed by atoms with Gasteiger partial charge in [0, 0.05) is 16.7 Å². The van der Waals surface area contributed by atoms with Gasteiger partial charge in [0.15, 0.2) is 0 Å². The molecule has 0 aromatic heterocycles. The molecular weight excluding hydrogens is 357 g/mol. The van der Waals surface area contributed by atoms with Gasteiger partial charge in [0.05, 0.1) is 11.5 Å². The zero-order chi connectivity index (χ0) is 14.0. The highest BCUT2D eigenvalue weighted by Gasteiger charge is 2.32. The molecule has 1 fully saturated rings. The maximum atomic E-state index is 12.5. The van der Waals surface area contributed by atoms with E-state index < -0.39 is 11.9 Å². The second-order valence-corrected chi connectivity index (χ2v) is 6.23. The van der Waals surface area contributed by atoms with E-state index in [9.17, 15) is 9.59 Å². The Morgan fingerprint density at radius 2 is 2.00 bits per heavy atom. The van der Waals surface area contributed by atoms with E-state index in [4.69, 9.17) is 5.11 Å². The van der Waals surface area contributed by atoms with Crippen molar-refractivity contribution in [2.45, 2.75) is 13.3 Å². The number of amides is 1. The lowest BCUT2D eigenvalue weighted by atomic mass is 9.90. The third-order valence-corrected chi connectivity index (χ3v) is 4.34. The van der Waals surface area contributed by atoms with Crippen LogP contribution in [-0.4, -0.2) is 35.0 Å². The van der Waals surface area contributed by atoms with Crippen LogP contribution in [0.2, 0.25) is 0 Å². The molecule has 0 spiro atoms. The number of carbonyl (C=O) groups excluding carboxylic acids is 1. The number of rotatable bonds is 2. The van der Waals surface area contributed by atoms with E-state index in [2.05, 4.69) is 22.6 Å². The molecule has 5 heteroatoms. The molecule has 102 valence electrons. The number of halogens is 1. The summed E-state index contributed by atoms with van der Waals surface area (Å²) in [6.07, 6.45) is 0.644. The van der Waals surface area contributed by atoms with Gasteiger partial charge in [0.2, 0.25) is 0 Å². The van der Waals surface area contributed by atoms with E-state index in [1.807, 2.05) is 25.1 Å². The molecular formula is C14H16INO3. The van der Waals surface area contributed by atoms with E-state index in [1.54, 1.807) is 11.0 Å². The first kappa shape index (κ1) is 14.3. The predicted molar refractivity (Wildman–Crippen MR) is 80.0 cm³/mol. The summed E-state index contributed by atoms with van der Waals surface area (Å²) in [5.41, 5.74) is 0.654. The molecule has 1 aromatic carbocycles. The summed E-state index contributed by atoms with van der Waals surface area (Å²) in [6, 6.07) is 7.39. The summed E-state index contributed by atoms with van der Waals surface area (Å²) in [4.78, 5) is 25.3. The summed E-state index contributed by atoms with van der Waals surface area (Å²) in [6.45, 7) is 2.93. The van der Waals surface area contributed by atoms with Crippen LogP contribution in [0, 0.1) is 15.4 Å². The lowest BCUT2D eigenvalue weighted by Crippen LogP contribution is -2.45. The fraction of sp³-hybridized carbons (Fsp3) is 0.429. The van der Waals surface area contributed by atoms with Gasteiger partial charge in [-0.15, -0.1) is 0 Å². The summed E-state index contributed by atoms with van der Waals surface area (Å²) in [5.74, 6) is -1.11. The maximum Gasteiger partial charge on any atom is 0.308 e. The van der Waals surface area contributed by atoms with Gasteiger partial charge in [0.1, 0.15) is 0 Å². The Kier molecular flexibility index (Phi) is 4.44. The van der Waals surface area contributed by atoms with Gasteiger partial charge < -0.3 is 10.0 Å². The van der Waals surface area contributed by atoms with Crippen LogP contribution in [0.15, 0.2) is 24.3 Å². The fourth-order valence-electron chi connectivity index (χ4n) is 2.50. The number of benzene rings is 1. The van der Waals surface area contributed by atoms with Crippen LogP contribution in [0.4, 0.5) is 0 Å². The standard InChI is InChI=1S/C14H16INO3/c1-9-6-10(14(18)19)8-16(7-9)13(17)11-4-2-3-5-12(11)15/h2-5,9-10H,6-8H2,1H3,(H,18,19). The SMILES string of the molecule is CC1CC(C(=O)O)CN(C(=O)c2ccccc2I)C1. The van der Waals surface area contributed by atoms with Crippen molar-refractivity contribution >= 4 is 34.5 Å². The molecule has 0 radical (unpaired) electrons. The highest BCUT2D eigenvalue weighted by Crippen LogP contribution is 2.24. The van der Waals surface area contributed by atoms with Crippen molar-refractivity contribution in [1.29, 1.82) is 0 Å². The van der Waals surface area contributed by atoms with Crippen molar-refractivity contribution in [3.63, 3.8) is 0 Å². The second kappa shape index (κ2) is 5.90. The minimum Gasteiger partial charge on any atom is -0.481 e. The average Bonchev–Trinajstić information content (AvgIpc) is 2.37. The average molecular weight is 373 g/mol. The minimum absolute atomic E-state index is 0.0669. The van der Waals surface area contributed by atoms with Gasteiger partial charge in [0.25, 0.3) is 5.91 Å². The van der Waals surface area contributed by atoms with E-state index in [0.717, 1.165) is 3.57 Å². The molecule has 0 aliphatic carbocycles. The van der Waals surface area contributed by atoms with Crippen LogP contribution in [0.1, 0.15) is 23.7 Å². The van der Waals surface area contributed by atoms with Crippen molar-refractivity contribution < 1.29 is 14.7 Å². The maximum absolute atomic E-state index is 12.5. The Morgan fingerprint density at radius 3 is 2.63 bits per heavy atom. The van der Waals surface area contributed by atoms with Crippen molar-refractivity contribution in [2.24, 2.45) is 11.8 Å². The topological polar surface area (TPSA) is 57.6 Å². The van der Waals surface area contributed by atoms with Gasteiger partial charge in [-0.1, -0.05) is 19.1 Å². The van der Waals surface area contributed by atoms with Crippen molar-refractivity contribution in [3.05, 3.63) is 33.4 Å². The van der Waals surface area contributed by atoms with Gasteiger partial charge in [-0.3, -0.25) is 9.59 Å². The molecule has 0 saturated carbocycles. The Morgan fingerprint density at radius 1 is 1.32 bits per heavy atom. The lowest BCUT2D eigenvalue weighted by molar-refractivity contribution is -0.143. The fourth-order valence-corrected chi connectivity index (χ4v) is 3.12. The van der Waals surface area contributed by atoms with E-state index in [1.165, 1.54) is 0 Å². The van der Waals surface area contributed by atoms with E-state index >= 15 is 0 Å². The Bertz CT molecular complexity index is 503. The molecule has 2 atom stereocenters. The second-order valence-electron chi connectivity index (χ2n) is 5.07. The highest BCUT2D eigenvalue weighted by molar-refractivity contribution is 14.1. The Labute approximate surface area is 125 Å². The number of piperidine rings is 1. The number of aliphatic carboxylic acids is 1. The van der Waals surface area contributed by atoms with Gasteiger partial charge in [-0.25, -0.2) is 0 Å². The van der Waals surface area contributed by atoms with Crippen LogP contribution < -0.4 is 0 Å². The molecule has 1 aliphatic rings. The molecule has 1 N–H and O–H groups in total. The Hall–Kier alpha value is -1.11. The van der Waals surface area contributed by atoms with Crippen molar-refractivity contribution in [2.75, 3.05) is 13.1 Å². The third-order valence-electron chi connectivity index (χ3n) is 3.40. The summed E-state index contributed by atoms with van der Waals surface area (Å²) >= 11 is 2.13. The molecule has 4 nitrogen and oxygen atoms in total. The molecule has 1 saturated heterocycles. The quantitative estimate of drug-likeness (QED) is 0.811. The first-order chi connectivity index (χ1) is 8.99. The molecule has 1 aromatic rings. The number of hydrogen-bond donors (Lipinski definition) is 1. The summed E-state index contributed by atoms with van der Waals surface area (Å²) in [5, 5.41) is 9.14. The molecule has 0 bridgehead atoms. The summed E-state index contributed by atoms with van der Waals surface area (Å²) in [7, 11) is 0. The molecule has 1 aliphatic heterocycles. The number of carboxylic acid groups (broad SMARTS) is 1. The number of likely N-dealkylation sites (tertiary alicyclic amines) is 1. The summed E-state index contributed by atoms with van der Waals surface area (Å²) < 4.78 is 0.898. The molecule has 1 amide bonds. The zero-order valence-corrected chi connectivity index (χ0v) is 12.8. The Balaban J connectivity index is 2.19. The molecule has 1 heterocycles. The smallest absolute Gasteiger partial charge is 0.308 e. The van der Waals surface area contributed by atoms with Gasteiger partial charge in [-0.2, -0.15) is 0 Å². The van der Waals surface area contributed by atoms with Crippen LogP contribution in [0.5, 0.6) is 0 Å². The minimum atomic E-state index is -0.813. The van der Waals surface area contributed by atoms with Crippen LogP contribution >= 0.6 is 22.6 Å². The van der Waals surface area contributed by atoms with Crippen molar-refractivity contribution in [1.82, 2.24) is 4.90 Å². The number of carbonyl (C=O) groups is 2. The normalized spacial score (nSPS) is 23.2. The molecule has 2 unspecified atom stereocenters. The van der Waals surface area contributed by atoms with Gasteiger partial charge >= 0.3 is 5.97 Å². The predicted octanol–water partition coefficient (Wildman–Crippen LogP) is 2.47. The highest BCUT2D eigenvalue weighted by atomic mass is 127. The number of nitrogens with zero attached hydrogens (tertiary/aromatic N) is 1. The zero-order valence-electron chi connectivity index (χ0n) is 10.7. The largest absolute Gasteiger partial charge is 0.481 e. The number of hydrogen-bond acceptors (Lipinski definition) is 2. The first-order valence-electron chi connectivity index (χ1n) is 6.25. The van der Waals surface area contributed by atoms with Crippen LogP contribution in [0.25, 0.3) is 0 Å². The lowest BCUT2D eigenvalue weighted by Gasteiger charge is -2.34. The van der Waals surface area contributed by atoms with E-state index in [0.29, 0.717) is 25.1 Å². The number of carboxylic acids is 1. The van der Waals surface area contributed by atoms with Crippen LogP contribution in [0.3, 0.4) is 0 Å².